The molecule has 0 spiro atoms. The third-order valence-corrected chi connectivity index (χ3v) is 10.0. The van der Waals surface area contributed by atoms with E-state index in [0.717, 1.165) is 48.1 Å². The molecule has 2 aromatic rings. The van der Waals surface area contributed by atoms with Crippen molar-refractivity contribution in [2.45, 2.75) is 96.4 Å². The van der Waals surface area contributed by atoms with Crippen molar-refractivity contribution in [3.8, 4) is 0 Å². The number of methoxy groups -OCH3 is 1. The van der Waals surface area contributed by atoms with Crippen molar-refractivity contribution in [2.75, 3.05) is 33.3 Å². The molecule has 1 aromatic heterocycles. The number of carbonyl (C=O) groups is 2. The van der Waals surface area contributed by atoms with E-state index in [1.807, 2.05) is 49.4 Å². The van der Waals surface area contributed by atoms with E-state index in [0.29, 0.717) is 44.0 Å². The number of nitrogens with two attached hydrogens (primary N) is 1. The standard InChI is InChI=1S/C34H46ClN5O4.C2H5N.C2H6/c1-7-23(2)19-28(39-15-17-40(18-16-39)32(42)44-33(4)13-14-33)26-10-9-25(35)20-27(26)24(3)30(29-21-36-22-38(29)5)37-31(41)34(43-6)11-8-12-34;1-2-3;1-2/h7,9-10,20-22,28,30H,3,8,11-19H2,1-2,4-6H3,(H,37,41);2H,1,3H2;1-2H3/b23-7-;;. The molecule has 1 aromatic carbocycles. The predicted octanol–water partition coefficient (Wildman–Crippen LogP) is 7.33. The Labute approximate surface area is 298 Å². The summed E-state index contributed by atoms with van der Waals surface area (Å²) in [6.07, 6.45) is 11.6. The number of hydrogen-bond acceptors (Lipinski definition) is 7. The van der Waals surface area contributed by atoms with E-state index < -0.39 is 11.6 Å². The first-order valence-corrected chi connectivity index (χ1v) is 17.8. The van der Waals surface area contributed by atoms with Crippen LogP contribution in [0.5, 0.6) is 0 Å². The van der Waals surface area contributed by atoms with Gasteiger partial charge in [-0.3, -0.25) is 9.69 Å². The third-order valence-electron chi connectivity index (χ3n) is 9.77. The average Bonchev–Trinajstić information content (AvgIpc) is 3.65. The molecule has 1 aliphatic heterocycles. The first-order chi connectivity index (χ1) is 23.4. The molecule has 3 N–H and O–H groups in total. The van der Waals surface area contributed by atoms with Crippen LogP contribution < -0.4 is 11.1 Å². The molecule has 2 atom stereocenters. The number of hydrogen-bond donors (Lipinski definition) is 2. The zero-order valence-electron chi connectivity index (χ0n) is 30.6. The fraction of sp³-hybridized carbons (Fsp3) is 0.553. The number of piperazine rings is 1. The van der Waals surface area contributed by atoms with Crippen LogP contribution in [0.15, 0.2) is 61.7 Å². The van der Waals surface area contributed by atoms with Gasteiger partial charge in [-0.1, -0.05) is 56.3 Å². The molecule has 0 bridgehead atoms. The highest BCUT2D eigenvalue weighted by Crippen LogP contribution is 2.42. The Hall–Kier alpha value is -3.60. The number of amides is 2. The predicted molar refractivity (Wildman–Crippen MR) is 198 cm³/mol. The van der Waals surface area contributed by atoms with E-state index in [1.165, 1.54) is 11.8 Å². The van der Waals surface area contributed by atoms with E-state index in [9.17, 15) is 9.59 Å². The lowest BCUT2D eigenvalue weighted by molar-refractivity contribution is -0.154. The lowest BCUT2D eigenvalue weighted by Crippen LogP contribution is -2.54. The maximum absolute atomic E-state index is 13.6. The summed E-state index contributed by atoms with van der Waals surface area (Å²) in [6.45, 7) is 20.5. The van der Waals surface area contributed by atoms with Crippen LogP contribution in [0.3, 0.4) is 0 Å². The second kappa shape index (κ2) is 17.9. The Kier molecular flexibility index (Phi) is 14.5. The molecule has 5 rings (SSSR count). The molecule has 49 heavy (non-hydrogen) atoms. The number of aryl methyl sites for hydroxylation is 1. The lowest BCUT2D eigenvalue weighted by Gasteiger charge is -2.41. The molecule has 3 fully saturated rings. The largest absolute Gasteiger partial charge is 0.443 e. The second-order valence-corrected chi connectivity index (χ2v) is 13.5. The number of halogens is 1. The van der Waals surface area contributed by atoms with Crippen molar-refractivity contribution in [3.63, 3.8) is 0 Å². The molecule has 0 radical (unpaired) electrons. The van der Waals surface area contributed by atoms with E-state index in [2.05, 4.69) is 60.1 Å². The van der Waals surface area contributed by atoms with E-state index >= 15 is 0 Å². The lowest BCUT2D eigenvalue weighted by atomic mass is 9.78. The van der Waals surface area contributed by atoms with Crippen molar-refractivity contribution in [1.29, 1.82) is 0 Å². The maximum Gasteiger partial charge on any atom is 0.410 e. The molecule has 270 valence electrons. The topological polar surface area (TPSA) is 115 Å². The number of benzene rings is 1. The van der Waals surface area contributed by atoms with Gasteiger partial charge in [0.1, 0.15) is 11.2 Å². The summed E-state index contributed by atoms with van der Waals surface area (Å²) in [5.74, 6) is -0.147. The molecule has 2 unspecified atom stereocenters. The molecule has 3 aliphatic rings. The summed E-state index contributed by atoms with van der Waals surface area (Å²) in [5, 5.41) is 3.85. The van der Waals surface area contributed by atoms with Crippen LogP contribution >= 0.6 is 11.6 Å². The molecular weight excluding hydrogens is 640 g/mol. The van der Waals surface area contributed by atoms with Crippen molar-refractivity contribution in [2.24, 2.45) is 12.8 Å². The number of aromatic nitrogens is 2. The number of nitrogens with one attached hydrogen (secondary N) is 1. The van der Waals surface area contributed by atoms with E-state index in [4.69, 9.17) is 21.1 Å². The third kappa shape index (κ3) is 9.77. The summed E-state index contributed by atoms with van der Waals surface area (Å²) in [7, 11) is 3.51. The second-order valence-electron chi connectivity index (χ2n) is 13.1. The van der Waals surface area contributed by atoms with Gasteiger partial charge in [-0.2, -0.15) is 0 Å². The fourth-order valence-corrected chi connectivity index (χ4v) is 6.32. The summed E-state index contributed by atoms with van der Waals surface area (Å²) < 4.78 is 13.4. The van der Waals surface area contributed by atoms with Crippen LogP contribution in [0.1, 0.15) is 102 Å². The summed E-state index contributed by atoms with van der Waals surface area (Å²) in [6, 6.07) is 5.41. The van der Waals surface area contributed by atoms with Gasteiger partial charge in [0.15, 0.2) is 0 Å². The first kappa shape index (κ1) is 39.8. The van der Waals surface area contributed by atoms with Gasteiger partial charge in [-0.15, -0.1) is 0 Å². The van der Waals surface area contributed by atoms with E-state index in [-0.39, 0.29) is 23.6 Å². The molecule has 2 aliphatic carbocycles. The minimum Gasteiger partial charge on any atom is -0.443 e. The highest BCUT2D eigenvalue weighted by molar-refractivity contribution is 6.30. The summed E-state index contributed by atoms with van der Waals surface area (Å²) in [4.78, 5) is 35.1. The number of nitrogens with zero attached hydrogens (tertiary/aromatic N) is 4. The van der Waals surface area contributed by atoms with Gasteiger partial charge in [-0.25, -0.2) is 9.78 Å². The minimum absolute atomic E-state index is 0.00850. The van der Waals surface area contributed by atoms with Crippen LogP contribution in [0.25, 0.3) is 5.57 Å². The Bertz CT molecular complexity index is 1460. The van der Waals surface area contributed by atoms with Gasteiger partial charge in [0.25, 0.3) is 5.91 Å². The van der Waals surface area contributed by atoms with Gasteiger partial charge >= 0.3 is 6.09 Å². The Morgan fingerprint density at radius 1 is 1.16 bits per heavy atom. The molecular formula is C38H57ClN6O4. The van der Waals surface area contributed by atoms with Gasteiger partial charge < -0.3 is 30.0 Å². The van der Waals surface area contributed by atoms with Gasteiger partial charge in [-0.05, 0) is 94.3 Å². The average molecular weight is 697 g/mol. The van der Waals surface area contributed by atoms with Crippen molar-refractivity contribution >= 4 is 29.2 Å². The zero-order chi connectivity index (χ0) is 36.4. The number of imidazole rings is 1. The van der Waals surface area contributed by atoms with Crippen molar-refractivity contribution in [3.05, 3.63) is 83.6 Å². The Balaban J connectivity index is 0.00000123. The quantitative estimate of drug-likeness (QED) is 0.237. The van der Waals surface area contributed by atoms with Gasteiger partial charge in [0, 0.05) is 51.4 Å². The normalized spacial score (nSPS) is 19.0. The smallest absolute Gasteiger partial charge is 0.410 e. The Morgan fingerprint density at radius 2 is 1.80 bits per heavy atom. The highest BCUT2D eigenvalue weighted by atomic mass is 35.5. The van der Waals surface area contributed by atoms with Crippen LogP contribution in [-0.4, -0.2) is 75.8 Å². The molecule has 11 heteroatoms. The molecule has 2 heterocycles. The first-order valence-electron chi connectivity index (χ1n) is 17.4. The minimum atomic E-state index is -0.822. The fourth-order valence-electron chi connectivity index (χ4n) is 6.15. The van der Waals surface area contributed by atoms with Crippen molar-refractivity contribution < 1.29 is 19.1 Å². The summed E-state index contributed by atoms with van der Waals surface area (Å²) >= 11 is 6.64. The van der Waals surface area contributed by atoms with Gasteiger partial charge in [0.05, 0.1) is 24.3 Å². The zero-order valence-corrected chi connectivity index (χ0v) is 31.3. The maximum atomic E-state index is 13.6. The monoisotopic (exact) mass is 696 g/mol. The number of allylic oxidation sites excluding steroid dienone is 1. The summed E-state index contributed by atoms with van der Waals surface area (Å²) in [5.41, 5.74) is 8.27. The Morgan fingerprint density at radius 3 is 2.29 bits per heavy atom. The van der Waals surface area contributed by atoms with Crippen LogP contribution in [0.2, 0.25) is 5.02 Å². The van der Waals surface area contributed by atoms with Crippen LogP contribution in [0.4, 0.5) is 4.79 Å². The number of ether oxygens (including phenoxy) is 2. The highest BCUT2D eigenvalue weighted by Gasteiger charge is 2.46. The molecule has 2 amide bonds. The van der Waals surface area contributed by atoms with E-state index in [1.54, 1.807) is 19.6 Å². The van der Waals surface area contributed by atoms with Crippen LogP contribution in [-0.2, 0) is 21.3 Å². The van der Waals surface area contributed by atoms with Crippen LogP contribution in [0, 0.1) is 0 Å². The number of rotatable bonds is 11. The number of carbonyl (C=O) groups excluding carboxylic acids is 2. The molecule has 2 saturated carbocycles. The molecule has 10 nitrogen and oxygen atoms in total. The SMILES string of the molecule is C=C(c1cc(Cl)ccc1C(C/C(C)=C\C)N1CCN(C(=O)OC2(C)CC2)CC1)C(NC(=O)C1(OC)CCC1)c1cncn1C.C=CN.CC. The van der Waals surface area contributed by atoms with Crippen molar-refractivity contribution in [1.82, 2.24) is 24.7 Å². The van der Waals surface area contributed by atoms with Gasteiger partial charge in [0.2, 0.25) is 0 Å². The molecule has 1 saturated heterocycles.